The SMILES string of the molecule is CSc1ccc([C@H]2SCC(=O)Nc3c2c(C)nn3-c2ccc(C)cc2)cc1. The van der Waals surface area contributed by atoms with Gasteiger partial charge in [0, 0.05) is 10.5 Å². The molecule has 1 aromatic heterocycles. The molecule has 0 radical (unpaired) electrons. The fourth-order valence-electron chi connectivity index (χ4n) is 3.30. The summed E-state index contributed by atoms with van der Waals surface area (Å²) in [5.41, 5.74) is 5.37. The second-order valence-corrected chi connectivity index (χ2v) is 8.58. The number of aromatic nitrogens is 2. The van der Waals surface area contributed by atoms with Crippen molar-refractivity contribution < 1.29 is 4.79 Å². The maximum atomic E-state index is 12.4. The summed E-state index contributed by atoms with van der Waals surface area (Å²) in [5, 5.41) is 7.92. The molecule has 1 aliphatic heterocycles. The lowest BCUT2D eigenvalue weighted by Crippen LogP contribution is -2.15. The Morgan fingerprint density at radius 1 is 1.11 bits per heavy atom. The summed E-state index contributed by atoms with van der Waals surface area (Å²) in [7, 11) is 0. The van der Waals surface area contributed by atoms with Crippen LogP contribution in [0.2, 0.25) is 0 Å². The van der Waals surface area contributed by atoms with E-state index in [0.29, 0.717) is 5.75 Å². The van der Waals surface area contributed by atoms with Crippen LogP contribution in [-0.4, -0.2) is 27.7 Å². The standard InChI is InChI=1S/C21H21N3OS2/c1-13-4-8-16(9-5-13)24-21-19(14(2)23-24)20(27-12-18(25)22-21)15-6-10-17(26-3)11-7-15/h4-11,20H,12H2,1-3H3,(H,22,25)/t20-/m1/s1. The number of amides is 1. The zero-order valence-corrected chi connectivity index (χ0v) is 17.2. The Morgan fingerprint density at radius 2 is 1.81 bits per heavy atom. The molecule has 1 N–H and O–H groups in total. The molecule has 0 spiro atoms. The van der Waals surface area contributed by atoms with Crippen LogP contribution < -0.4 is 5.32 Å². The molecule has 0 saturated carbocycles. The summed E-state index contributed by atoms with van der Waals surface area (Å²) in [5.74, 6) is 1.22. The molecular weight excluding hydrogens is 374 g/mol. The van der Waals surface area contributed by atoms with Gasteiger partial charge in [0.25, 0.3) is 0 Å². The van der Waals surface area contributed by atoms with E-state index in [1.807, 2.05) is 23.7 Å². The number of hydrogen-bond donors (Lipinski definition) is 1. The highest BCUT2D eigenvalue weighted by Gasteiger charge is 2.30. The highest BCUT2D eigenvalue weighted by Crippen LogP contribution is 2.44. The van der Waals surface area contributed by atoms with E-state index in [2.05, 4.69) is 54.9 Å². The largest absolute Gasteiger partial charge is 0.310 e. The number of benzene rings is 2. The molecule has 0 saturated heterocycles. The third kappa shape index (κ3) is 3.51. The van der Waals surface area contributed by atoms with E-state index in [-0.39, 0.29) is 11.2 Å². The van der Waals surface area contributed by atoms with E-state index in [4.69, 9.17) is 5.10 Å². The van der Waals surface area contributed by atoms with Crippen LogP contribution in [0.1, 0.15) is 27.6 Å². The molecule has 0 aliphatic carbocycles. The van der Waals surface area contributed by atoms with Crippen molar-refractivity contribution in [3.63, 3.8) is 0 Å². The van der Waals surface area contributed by atoms with Crippen LogP contribution in [0.5, 0.6) is 0 Å². The zero-order valence-electron chi connectivity index (χ0n) is 15.5. The van der Waals surface area contributed by atoms with Crippen molar-refractivity contribution in [2.75, 3.05) is 17.3 Å². The Kier molecular flexibility index (Phi) is 5.02. The van der Waals surface area contributed by atoms with Gasteiger partial charge < -0.3 is 5.32 Å². The molecule has 27 heavy (non-hydrogen) atoms. The second kappa shape index (κ2) is 7.44. The summed E-state index contributed by atoms with van der Waals surface area (Å²) >= 11 is 3.38. The van der Waals surface area contributed by atoms with Crippen LogP contribution in [-0.2, 0) is 4.79 Å². The molecule has 2 aromatic carbocycles. The molecule has 1 atom stereocenters. The number of fused-ring (bicyclic) bond motifs is 1. The van der Waals surface area contributed by atoms with Gasteiger partial charge >= 0.3 is 0 Å². The lowest BCUT2D eigenvalue weighted by molar-refractivity contribution is -0.113. The highest BCUT2D eigenvalue weighted by molar-refractivity contribution is 8.00. The molecule has 1 aliphatic rings. The number of anilines is 1. The van der Waals surface area contributed by atoms with Crippen molar-refractivity contribution in [2.24, 2.45) is 0 Å². The molecule has 4 nitrogen and oxygen atoms in total. The fraction of sp³-hybridized carbons (Fsp3) is 0.238. The Balaban J connectivity index is 1.84. The number of hydrogen-bond acceptors (Lipinski definition) is 4. The van der Waals surface area contributed by atoms with Crippen molar-refractivity contribution in [3.05, 3.63) is 70.9 Å². The van der Waals surface area contributed by atoms with E-state index >= 15 is 0 Å². The van der Waals surface area contributed by atoms with E-state index in [1.54, 1.807) is 23.5 Å². The average molecular weight is 396 g/mol. The normalized spacial score (nSPS) is 16.6. The van der Waals surface area contributed by atoms with Gasteiger partial charge in [0.2, 0.25) is 5.91 Å². The smallest absolute Gasteiger partial charge is 0.235 e. The second-order valence-electron chi connectivity index (χ2n) is 6.61. The number of nitrogens with one attached hydrogen (secondary N) is 1. The number of aryl methyl sites for hydroxylation is 2. The van der Waals surface area contributed by atoms with Gasteiger partial charge in [-0.05, 0) is 49.9 Å². The first-order valence-corrected chi connectivity index (χ1v) is 11.1. The molecular formula is C21H21N3OS2. The molecule has 3 aromatic rings. The van der Waals surface area contributed by atoms with E-state index in [9.17, 15) is 4.79 Å². The number of carbonyl (C=O) groups excluding carboxylic acids is 1. The predicted molar refractivity (Wildman–Crippen MR) is 114 cm³/mol. The van der Waals surface area contributed by atoms with Gasteiger partial charge in [-0.3, -0.25) is 4.79 Å². The minimum absolute atomic E-state index is 0.0118. The molecule has 4 rings (SSSR count). The third-order valence-electron chi connectivity index (χ3n) is 4.70. The monoisotopic (exact) mass is 395 g/mol. The fourth-order valence-corrected chi connectivity index (χ4v) is 4.90. The van der Waals surface area contributed by atoms with Gasteiger partial charge in [-0.25, -0.2) is 4.68 Å². The summed E-state index contributed by atoms with van der Waals surface area (Å²) in [6, 6.07) is 16.8. The summed E-state index contributed by atoms with van der Waals surface area (Å²) in [6.07, 6.45) is 2.08. The minimum Gasteiger partial charge on any atom is -0.310 e. The summed E-state index contributed by atoms with van der Waals surface area (Å²) in [6.45, 7) is 4.08. The first-order valence-electron chi connectivity index (χ1n) is 8.79. The molecule has 2 heterocycles. The van der Waals surface area contributed by atoms with Gasteiger partial charge in [0.05, 0.1) is 22.4 Å². The van der Waals surface area contributed by atoms with Crippen molar-refractivity contribution in [1.82, 2.24) is 9.78 Å². The number of rotatable bonds is 3. The zero-order chi connectivity index (χ0) is 19.0. The van der Waals surface area contributed by atoms with Crippen molar-refractivity contribution in [3.8, 4) is 5.69 Å². The number of carbonyl (C=O) groups is 1. The van der Waals surface area contributed by atoms with Crippen LogP contribution in [0.3, 0.4) is 0 Å². The topological polar surface area (TPSA) is 46.9 Å². The molecule has 138 valence electrons. The average Bonchev–Trinajstić information content (AvgIpc) is 2.88. The maximum Gasteiger partial charge on any atom is 0.235 e. The Morgan fingerprint density at radius 3 is 2.48 bits per heavy atom. The quantitative estimate of drug-likeness (QED) is 0.635. The van der Waals surface area contributed by atoms with E-state index < -0.39 is 0 Å². The minimum atomic E-state index is 0.0118. The van der Waals surface area contributed by atoms with Crippen LogP contribution in [0.15, 0.2) is 53.4 Å². The van der Waals surface area contributed by atoms with Crippen LogP contribution in [0, 0.1) is 13.8 Å². The maximum absolute atomic E-state index is 12.4. The van der Waals surface area contributed by atoms with Gasteiger partial charge in [0.1, 0.15) is 5.82 Å². The first kappa shape index (κ1) is 18.2. The predicted octanol–water partition coefficient (Wildman–Crippen LogP) is 4.99. The van der Waals surface area contributed by atoms with Gasteiger partial charge in [-0.2, -0.15) is 5.10 Å². The van der Waals surface area contributed by atoms with Crippen molar-refractivity contribution in [2.45, 2.75) is 24.0 Å². The first-order chi connectivity index (χ1) is 13.1. The number of nitrogens with zero attached hydrogens (tertiary/aromatic N) is 2. The molecule has 0 unspecified atom stereocenters. The lowest BCUT2D eigenvalue weighted by Gasteiger charge is -2.16. The van der Waals surface area contributed by atoms with Crippen LogP contribution in [0.25, 0.3) is 5.69 Å². The van der Waals surface area contributed by atoms with Gasteiger partial charge in [-0.1, -0.05) is 29.8 Å². The van der Waals surface area contributed by atoms with Crippen molar-refractivity contribution >= 4 is 35.2 Å². The molecule has 1 amide bonds. The Labute approximate surface area is 167 Å². The molecule has 0 bridgehead atoms. The summed E-state index contributed by atoms with van der Waals surface area (Å²) in [4.78, 5) is 13.6. The molecule has 6 heteroatoms. The number of thioether (sulfide) groups is 2. The van der Waals surface area contributed by atoms with Crippen LogP contribution in [0.4, 0.5) is 5.82 Å². The third-order valence-corrected chi connectivity index (χ3v) is 6.72. The molecule has 0 fully saturated rings. The van der Waals surface area contributed by atoms with E-state index in [0.717, 1.165) is 22.8 Å². The Hall–Kier alpha value is -2.18. The Bertz CT molecular complexity index is 978. The van der Waals surface area contributed by atoms with Gasteiger partial charge in [-0.15, -0.1) is 23.5 Å². The highest BCUT2D eigenvalue weighted by atomic mass is 32.2. The van der Waals surface area contributed by atoms with E-state index in [1.165, 1.54) is 16.0 Å². The van der Waals surface area contributed by atoms with Crippen LogP contribution >= 0.6 is 23.5 Å². The van der Waals surface area contributed by atoms with Crippen molar-refractivity contribution in [1.29, 1.82) is 0 Å². The summed E-state index contributed by atoms with van der Waals surface area (Å²) < 4.78 is 1.86. The lowest BCUT2D eigenvalue weighted by atomic mass is 10.0. The van der Waals surface area contributed by atoms with Gasteiger partial charge in [0.15, 0.2) is 0 Å².